The number of anilines is 1. The van der Waals surface area contributed by atoms with Gasteiger partial charge in [-0.1, -0.05) is 6.07 Å². The summed E-state index contributed by atoms with van der Waals surface area (Å²) in [4.78, 5) is 9.09. The summed E-state index contributed by atoms with van der Waals surface area (Å²) in [5.41, 5.74) is 5.97. The van der Waals surface area contributed by atoms with Crippen LogP contribution in [0.2, 0.25) is 0 Å². The van der Waals surface area contributed by atoms with Crippen molar-refractivity contribution in [3.8, 4) is 0 Å². The highest BCUT2D eigenvalue weighted by Gasteiger charge is 2.19. The zero-order valence-electron chi connectivity index (χ0n) is 11.0. The maximum Gasteiger partial charge on any atom is 0.128 e. The number of hydrogen-bond donors (Lipinski definition) is 1. The molecule has 1 aliphatic rings. The molecule has 18 heavy (non-hydrogen) atoms. The number of ether oxygens (including phenoxy) is 1. The zero-order valence-corrected chi connectivity index (χ0v) is 11.0. The van der Waals surface area contributed by atoms with E-state index in [4.69, 9.17) is 10.5 Å². The van der Waals surface area contributed by atoms with Gasteiger partial charge in [-0.25, -0.2) is 4.98 Å². The van der Waals surface area contributed by atoms with Crippen molar-refractivity contribution in [3.63, 3.8) is 0 Å². The first-order chi connectivity index (χ1) is 8.79. The topological polar surface area (TPSA) is 54.6 Å². The average Bonchev–Trinajstić information content (AvgIpc) is 2.41. The minimum Gasteiger partial charge on any atom is -0.383 e. The van der Waals surface area contributed by atoms with Crippen LogP contribution < -0.4 is 10.6 Å². The summed E-state index contributed by atoms with van der Waals surface area (Å²) in [6.07, 6.45) is 1.84. The van der Waals surface area contributed by atoms with Gasteiger partial charge in [0, 0.05) is 52.1 Å². The van der Waals surface area contributed by atoms with Crippen molar-refractivity contribution in [2.75, 3.05) is 51.3 Å². The number of piperazine rings is 1. The van der Waals surface area contributed by atoms with Crippen molar-refractivity contribution in [2.45, 2.75) is 6.04 Å². The van der Waals surface area contributed by atoms with Crippen LogP contribution in [0.25, 0.3) is 0 Å². The summed E-state index contributed by atoms with van der Waals surface area (Å²) < 4.78 is 5.06. The zero-order chi connectivity index (χ0) is 12.8. The highest BCUT2D eigenvalue weighted by molar-refractivity contribution is 5.38. The Morgan fingerprint density at radius 1 is 1.33 bits per heavy atom. The molecule has 1 aliphatic heterocycles. The molecular formula is C13H22N4O. The normalized spacial score (nSPS) is 18.9. The minimum absolute atomic E-state index is 0.108. The Morgan fingerprint density at radius 2 is 2.11 bits per heavy atom. The van der Waals surface area contributed by atoms with E-state index >= 15 is 0 Å². The van der Waals surface area contributed by atoms with Crippen molar-refractivity contribution in [2.24, 2.45) is 5.73 Å². The van der Waals surface area contributed by atoms with Gasteiger partial charge in [-0.2, -0.15) is 0 Å². The maximum absolute atomic E-state index is 5.97. The molecule has 0 radical (unpaired) electrons. The summed E-state index contributed by atoms with van der Waals surface area (Å²) in [7, 11) is 1.69. The van der Waals surface area contributed by atoms with Gasteiger partial charge in [0.05, 0.1) is 6.61 Å². The van der Waals surface area contributed by atoms with Crippen LogP contribution in [0.4, 0.5) is 5.82 Å². The first-order valence-electron chi connectivity index (χ1n) is 6.42. The molecule has 2 rings (SSSR count). The van der Waals surface area contributed by atoms with E-state index in [0.29, 0.717) is 6.61 Å². The molecule has 0 amide bonds. The molecule has 1 aromatic heterocycles. The summed E-state index contributed by atoms with van der Waals surface area (Å²) in [6.45, 7) is 5.62. The Hall–Kier alpha value is -1.17. The Balaban J connectivity index is 1.78. The Kier molecular flexibility index (Phi) is 4.92. The smallest absolute Gasteiger partial charge is 0.128 e. The molecule has 1 aromatic rings. The van der Waals surface area contributed by atoms with Gasteiger partial charge in [0.2, 0.25) is 0 Å². The highest BCUT2D eigenvalue weighted by Crippen LogP contribution is 2.12. The Bertz CT molecular complexity index is 338. The van der Waals surface area contributed by atoms with Gasteiger partial charge >= 0.3 is 0 Å². The lowest BCUT2D eigenvalue weighted by Gasteiger charge is -2.36. The van der Waals surface area contributed by atoms with Crippen molar-refractivity contribution in [1.29, 1.82) is 0 Å². The second-order valence-corrected chi connectivity index (χ2v) is 4.69. The lowest BCUT2D eigenvalue weighted by atomic mass is 10.2. The van der Waals surface area contributed by atoms with E-state index in [-0.39, 0.29) is 6.04 Å². The van der Waals surface area contributed by atoms with Crippen molar-refractivity contribution in [3.05, 3.63) is 24.4 Å². The number of aromatic nitrogens is 1. The van der Waals surface area contributed by atoms with Crippen LogP contribution in [0.5, 0.6) is 0 Å². The fraction of sp³-hybridized carbons (Fsp3) is 0.615. The molecule has 0 bridgehead atoms. The molecular weight excluding hydrogens is 228 g/mol. The monoisotopic (exact) mass is 250 g/mol. The predicted octanol–water partition coefficient (Wildman–Crippen LogP) is 0.177. The molecule has 0 aliphatic carbocycles. The van der Waals surface area contributed by atoms with Crippen LogP contribution in [0, 0.1) is 0 Å². The molecule has 1 atom stereocenters. The van der Waals surface area contributed by atoms with Gasteiger partial charge in [-0.3, -0.25) is 4.90 Å². The standard InChI is InChI=1S/C13H22N4O/c1-18-11-12(14)10-16-6-8-17(9-7-16)13-4-2-3-5-15-13/h2-5,12H,6-11,14H2,1H3. The fourth-order valence-electron chi connectivity index (χ4n) is 2.30. The van der Waals surface area contributed by atoms with E-state index in [0.717, 1.165) is 38.5 Å². The van der Waals surface area contributed by atoms with Gasteiger partial charge in [0.1, 0.15) is 5.82 Å². The van der Waals surface area contributed by atoms with Gasteiger partial charge < -0.3 is 15.4 Å². The van der Waals surface area contributed by atoms with E-state index in [1.54, 1.807) is 7.11 Å². The lowest BCUT2D eigenvalue weighted by Crippen LogP contribution is -2.50. The molecule has 0 saturated carbocycles. The lowest BCUT2D eigenvalue weighted by molar-refractivity contribution is 0.150. The van der Waals surface area contributed by atoms with E-state index in [1.807, 2.05) is 18.3 Å². The molecule has 2 heterocycles. The van der Waals surface area contributed by atoms with Crippen molar-refractivity contribution >= 4 is 5.82 Å². The van der Waals surface area contributed by atoms with Crippen LogP contribution in [0.3, 0.4) is 0 Å². The number of nitrogens with zero attached hydrogens (tertiary/aromatic N) is 3. The summed E-state index contributed by atoms with van der Waals surface area (Å²) in [5.74, 6) is 1.07. The van der Waals surface area contributed by atoms with Crippen LogP contribution in [0.1, 0.15) is 0 Å². The van der Waals surface area contributed by atoms with Crippen LogP contribution in [0.15, 0.2) is 24.4 Å². The molecule has 1 fully saturated rings. The van der Waals surface area contributed by atoms with E-state index in [2.05, 4.69) is 20.9 Å². The number of methoxy groups -OCH3 is 1. The van der Waals surface area contributed by atoms with Gasteiger partial charge in [0.25, 0.3) is 0 Å². The van der Waals surface area contributed by atoms with Crippen LogP contribution in [-0.4, -0.2) is 62.4 Å². The third-order valence-electron chi connectivity index (χ3n) is 3.22. The summed E-state index contributed by atoms with van der Waals surface area (Å²) >= 11 is 0. The average molecular weight is 250 g/mol. The highest BCUT2D eigenvalue weighted by atomic mass is 16.5. The third-order valence-corrected chi connectivity index (χ3v) is 3.22. The molecule has 0 aromatic carbocycles. The van der Waals surface area contributed by atoms with E-state index in [1.165, 1.54) is 0 Å². The number of rotatable bonds is 5. The first-order valence-corrected chi connectivity index (χ1v) is 6.42. The third kappa shape index (κ3) is 3.66. The van der Waals surface area contributed by atoms with Crippen molar-refractivity contribution in [1.82, 2.24) is 9.88 Å². The molecule has 1 saturated heterocycles. The molecule has 0 spiro atoms. The fourth-order valence-corrected chi connectivity index (χ4v) is 2.30. The largest absolute Gasteiger partial charge is 0.383 e. The van der Waals surface area contributed by atoms with Crippen molar-refractivity contribution < 1.29 is 4.74 Å². The molecule has 2 N–H and O–H groups in total. The van der Waals surface area contributed by atoms with Gasteiger partial charge in [-0.15, -0.1) is 0 Å². The quantitative estimate of drug-likeness (QED) is 0.808. The van der Waals surface area contributed by atoms with Gasteiger partial charge in [0.15, 0.2) is 0 Å². The predicted molar refractivity (Wildman–Crippen MR) is 72.7 cm³/mol. The molecule has 1 unspecified atom stereocenters. The Morgan fingerprint density at radius 3 is 2.72 bits per heavy atom. The number of nitrogens with two attached hydrogens (primary N) is 1. The second-order valence-electron chi connectivity index (χ2n) is 4.69. The summed E-state index contributed by atoms with van der Waals surface area (Å²) in [5, 5.41) is 0. The molecule has 5 nitrogen and oxygen atoms in total. The minimum atomic E-state index is 0.108. The number of hydrogen-bond acceptors (Lipinski definition) is 5. The van der Waals surface area contributed by atoms with Crippen LogP contribution in [-0.2, 0) is 4.74 Å². The summed E-state index contributed by atoms with van der Waals surface area (Å²) in [6, 6.07) is 6.15. The Labute approximate surface area is 109 Å². The van der Waals surface area contributed by atoms with Gasteiger partial charge in [-0.05, 0) is 12.1 Å². The molecule has 100 valence electrons. The first kappa shape index (κ1) is 13.3. The second kappa shape index (κ2) is 6.68. The van der Waals surface area contributed by atoms with E-state index in [9.17, 15) is 0 Å². The van der Waals surface area contributed by atoms with E-state index < -0.39 is 0 Å². The SMILES string of the molecule is COCC(N)CN1CCN(c2ccccn2)CC1. The van der Waals surface area contributed by atoms with Crippen LogP contribution >= 0.6 is 0 Å². The maximum atomic E-state index is 5.97. The number of pyridine rings is 1. The molecule has 5 heteroatoms.